The number of hydrogen-bond acceptors (Lipinski definition) is 4. The Balaban J connectivity index is 1.71. The molecule has 2 amide bonds. The van der Waals surface area contributed by atoms with Crippen molar-refractivity contribution in [3.8, 4) is 5.75 Å². The van der Waals surface area contributed by atoms with Crippen molar-refractivity contribution in [2.75, 3.05) is 6.54 Å². The van der Waals surface area contributed by atoms with E-state index >= 15 is 0 Å². The van der Waals surface area contributed by atoms with E-state index in [4.69, 9.17) is 0 Å². The molecule has 0 bridgehead atoms. The summed E-state index contributed by atoms with van der Waals surface area (Å²) in [5.74, 6) is 0.0737. The number of piperidine rings is 1. The van der Waals surface area contributed by atoms with E-state index in [1.807, 2.05) is 19.9 Å². The molecule has 0 radical (unpaired) electrons. The van der Waals surface area contributed by atoms with Gasteiger partial charge in [-0.3, -0.25) is 9.59 Å². The van der Waals surface area contributed by atoms with Crippen LogP contribution in [0.2, 0.25) is 0 Å². The number of nitrogens with one attached hydrogen (secondary N) is 3. The van der Waals surface area contributed by atoms with Crippen LogP contribution < -0.4 is 16.0 Å². The van der Waals surface area contributed by atoms with Crippen molar-refractivity contribution in [3.05, 3.63) is 41.0 Å². The van der Waals surface area contributed by atoms with Gasteiger partial charge in [-0.15, -0.1) is 0 Å². The van der Waals surface area contributed by atoms with Crippen LogP contribution in [0.5, 0.6) is 5.75 Å². The number of fused-ring (bicyclic) bond motifs is 1. The number of carbonyl (C=O) groups is 2. The quantitative estimate of drug-likeness (QED) is 0.661. The topological polar surface area (TPSA) is 90.5 Å². The van der Waals surface area contributed by atoms with Gasteiger partial charge in [-0.1, -0.05) is 17.7 Å². The van der Waals surface area contributed by atoms with Gasteiger partial charge in [0.15, 0.2) is 0 Å². The highest BCUT2D eigenvalue weighted by Crippen LogP contribution is 2.32. The minimum atomic E-state index is -0.245. The minimum Gasteiger partial charge on any atom is -0.508 e. The molecule has 0 aliphatic carbocycles. The van der Waals surface area contributed by atoms with Crippen LogP contribution in [-0.4, -0.2) is 35.5 Å². The largest absolute Gasteiger partial charge is 0.508 e. The molecule has 1 aromatic carbocycles. The van der Waals surface area contributed by atoms with Crippen LogP contribution in [0.3, 0.4) is 0 Å². The van der Waals surface area contributed by atoms with Crippen molar-refractivity contribution < 1.29 is 14.7 Å². The summed E-state index contributed by atoms with van der Waals surface area (Å²) in [5.41, 5.74) is 2.41. The molecule has 0 saturated carbocycles. The summed E-state index contributed by atoms with van der Waals surface area (Å²) in [7, 11) is 0. The van der Waals surface area contributed by atoms with E-state index in [0.29, 0.717) is 5.57 Å². The van der Waals surface area contributed by atoms with Crippen molar-refractivity contribution in [1.29, 1.82) is 0 Å². The first-order valence-electron chi connectivity index (χ1n) is 9.19. The first kappa shape index (κ1) is 18.5. The number of aromatic hydroxyl groups is 1. The summed E-state index contributed by atoms with van der Waals surface area (Å²) < 4.78 is 0. The minimum absolute atomic E-state index is 0.0662. The van der Waals surface area contributed by atoms with Gasteiger partial charge in [0, 0.05) is 23.6 Å². The van der Waals surface area contributed by atoms with Crippen LogP contribution >= 0.6 is 0 Å². The molecule has 1 aromatic rings. The van der Waals surface area contributed by atoms with Crippen LogP contribution in [0.25, 0.3) is 0 Å². The van der Waals surface area contributed by atoms with Gasteiger partial charge in [-0.25, -0.2) is 0 Å². The van der Waals surface area contributed by atoms with Gasteiger partial charge in [0.1, 0.15) is 5.75 Å². The molecule has 3 rings (SSSR count). The van der Waals surface area contributed by atoms with Crippen molar-refractivity contribution in [3.63, 3.8) is 0 Å². The van der Waals surface area contributed by atoms with E-state index in [1.165, 1.54) is 0 Å². The lowest BCUT2D eigenvalue weighted by Gasteiger charge is -2.42. The molecule has 2 aliphatic rings. The molecule has 4 N–H and O–H groups in total. The molecular weight excluding hydrogens is 330 g/mol. The Bertz CT molecular complexity index is 744. The third kappa shape index (κ3) is 3.75. The fraction of sp³-hybridized carbons (Fsp3) is 0.500. The van der Waals surface area contributed by atoms with Gasteiger partial charge in [0.25, 0.3) is 0 Å². The normalized spacial score (nSPS) is 26.7. The highest BCUT2D eigenvalue weighted by atomic mass is 16.3. The molecule has 26 heavy (non-hydrogen) atoms. The first-order chi connectivity index (χ1) is 12.4. The van der Waals surface area contributed by atoms with E-state index in [-0.39, 0.29) is 48.0 Å². The number of hydrogen-bond donors (Lipinski definition) is 4. The summed E-state index contributed by atoms with van der Waals surface area (Å²) in [6.45, 7) is 6.85. The first-order valence-corrected chi connectivity index (χ1v) is 9.19. The predicted octanol–water partition coefficient (Wildman–Crippen LogP) is 1.77. The number of phenols is 1. The maximum Gasteiger partial charge on any atom is 0.247 e. The molecule has 4 atom stereocenters. The van der Waals surface area contributed by atoms with E-state index < -0.39 is 0 Å². The van der Waals surface area contributed by atoms with Gasteiger partial charge in [0.2, 0.25) is 11.8 Å². The average molecular weight is 357 g/mol. The van der Waals surface area contributed by atoms with Crippen molar-refractivity contribution in [2.45, 2.75) is 51.7 Å². The maximum absolute atomic E-state index is 12.5. The number of amides is 2. The molecular formula is C20H27N3O3. The molecule has 2 heterocycles. The lowest BCUT2D eigenvalue weighted by Crippen LogP contribution is -2.57. The summed E-state index contributed by atoms with van der Waals surface area (Å²) >= 11 is 0. The Morgan fingerprint density at radius 2 is 2.19 bits per heavy atom. The SMILES string of the molecule is CC1=C(CC(=O)N[C@@H](C)c2cccc(O)c2)C(=O)NC2CCNC(C)C12. The molecule has 0 spiro atoms. The van der Waals surface area contributed by atoms with Gasteiger partial charge in [0.05, 0.1) is 12.5 Å². The maximum atomic E-state index is 12.5. The van der Waals surface area contributed by atoms with Gasteiger partial charge in [-0.2, -0.15) is 0 Å². The van der Waals surface area contributed by atoms with Crippen LogP contribution in [0, 0.1) is 5.92 Å². The fourth-order valence-corrected chi connectivity index (χ4v) is 4.15. The zero-order chi connectivity index (χ0) is 18.8. The Morgan fingerprint density at radius 3 is 2.92 bits per heavy atom. The third-order valence-electron chi connectivity index (χ3n) is 5.55. The summed E-state index contributed by atoms with van der Waals surface area (Å²) in [4.78, 5) is 25.0. The van der Waals surface area contributed by atoms with Crippen molar-refractivity contribution in [2.24, 2.45) is 5.92 Å². The Kier molecular flexibility index (Phi) is 5.32. The summed E-state index contributed by atoms with van der Waals surface area (Å²) in [6.07, 6.45) is 0.975. The molecule has 2 aliphatic heterocycles. The van der Waals surface area contributed by atoms with Crippen LogP contribution in [0.4, 0.5) is 0 Å². The molecule has 0 aromatic heterocycles. The van der Waals surface area contributed by atoms with Gasteiger partial charge in [-0.05, 0) is 51.4 Å². The zero-order valence-corrected chi connectivity index (χ0v) is 15.5. The van der Waals surface area contributed by atoms with E-state index in [0.717, 1.165) is 24.1 Å². The standard InChI is InChI=1S/C20H27N3O3/c1-11-16(20(26)23-17-7-8-21-13(3)19(11)17)10-18(25)22-12(2)14-5-4-6-15(24)9-14/h4-6,9,12-13,17,19,21,24H,7-8,10H2,1-3H3,(H,22,25)(H,23,26)/t12-,13?,17?,19?/m0/s1. The van der Waals surface area contributed by atoms with Crippen molar-refractivity contribution >= 4 is 11.8 Å². The third-order valence-corrected chi connectivity index (χ3v) is 5.55. The van der Waals surface area contributed by atoms with Crippen molar-refractivity contribution in [1.82, 2.24) is 16.0 Å². The number of carbonyl (C=O) groups excluding carboxylic acids is 2. The second kappa shape index (κ2) is 7.50. The monoisotopic (exact) mass is 357 g/mol. The highest BCUT2D eigenvalue weighted by molar-refractivity contribution is 6.00. The molecule has 140 valence electrons. The Labute approximate surface area is 154 Å². The number of rotatable bonds is 4. The van der Waals surface area contributed by atoms with Gasteiger partial charge >= 0.3 is 0 Å². The molecule has 1 fully saturated rings. The lowest BCUT2D eigenvalue weighted by atomic mass is 9.76. The highest BCUT2D eigenvalue weighted by Gasteiger charge is 2.39. The average Bonchev–Trinajstić information content (AvgIpc) is 2.58. The lowest BCUT2D eigenvalue weighted by molar-refractivity contribution is -0.124. The number of phenolic OH excluding ortho intramolecular Hbond substituents is 1. The second-order valence-electron chi connectivity index (χ2n) is 7.36. The van der Waals surface area contributed by atoms with Crippen LogP contribution in [0.1, 0.15) is 45.2 Å². The van der Waals surface area contributed by atoms with Gasteiger partial charge < -0.3 is 21.1 Å². The molecule has 6 heteroatoms. The van der Waals surface area contributed by atoms with E-state index in [1.54, 1.807) is 18.2 Å². The molecule has 3 unspecified atom stereocenters. The fourth-order valence-electron chi connectivity index (χ4n) is 4.15. The zero-order valence-electron chi connectivity index (χ0n) is 15.5. The van der Waals surface area contributed by atoms with E-state index in [9.17, 15) is 14.7 Å². The van der Waals surface area contributed by atoms with Crippen LogP contribution in [0.15, 0.2) is 35.4 Å². The van der Waals surface area contributed by atoms with Crippen LogP contribution in [-0.2, 0) is 9.59 Å². The molecule has 1 saturated heterocycles. The van der Waals surface area contributed by atoms with E-state index in [2.05, 4.69) is 22.9 Å². The smallest absolute Gasteiger partial charge is 0.247 e. The Hall–Kier alpha value is -2.34. The summed E-state index contributed by atoms with van der Waals surface area (Å²) in [6, 6.07) is 6.99. The summed E-state index contributed by atoms with van der Waals surface area (Å²) in [5, 5.41) is 19.0. The predicted molar refractivity (Wildman–Crippen MR) is 99.5 cm³/mol. The molecule has 6 nitrogen and oxygen atoms in total. The second-order valence-corrected chi connectivity index (χ2v) is 7.36. The Morgan fingerprint density at radius 1 is 1.42 bits per heavy atom. The number of benzene rings is 1.